The molecule has 1 aromatic carbocycles. The summed E-state index contributed by atoms with van der Waals surface area (Å²) in [5.74, 6) is 1.31. The normalized spacial score (nSPS) is 19.5. The summed E-state index contributed by atoms with van der Waals surface area (Å²) in [6, 6.07) is 6.93. The van der Waals surface area contributed by atoms with Crippen molar-refractivity contribution in [3.8, 4) is 0 Å². The summed E-state index contributed by atoms with van der Waals surface area (Å²) in [7, 11) is 1.59. The highest BCUT2D eigenvalue weighted by atomic mass is 16.5. The van der Waals surface area contributed by atoms with Gasteiger partial charge in [0, 0.05) is 44.6 Å². The highest BCUT2D eigenvalue weighted by molar-refractivity contribution is 5.96. The van der Waals surface area contributed by atoms with Crippen LogP contribution in [0.15, 0.2) is 24.3 Å². The average Bonchev–Trinajstić information content (AvgIpc) is 2.68. The van der Waals surface area contributed by atoms with Gasteiger partial charge in [-0.1, -0.05) is 6.07 Å². The molecule has 0 aliphatic carbocycles. The highest BCUT2D eigenvalue weighted by Gasteiger charge is 2.29. The first-order valence-electron chi connectivity index (χ1n) is 9.13. The zero-order valence-electron chi connectivity index (χ0n) is 14.8. The minimum Gasteiger partial charge on any atom is -0.381 e. The number of nitrogens with zero attached hydrogens (tertiary/aromatic N) is 1. The molecule has 2 heterocycles. The summed E-state index contributed by atoms with van der Waals surface area (Å²) < 4.78 is 5.45. The van der Waals surface area contributed by atoms with Crippen LogP contribution in [0.3, 0.4) is 0 Å². The van der Waals surface area contributed by atoms with Crippen molar-refractivity contribution in [2.24, 2.45) is 11.8 Å². The van der Waals surface area contributed by atoms with E-state index in [4.69, 9.17) is 4.74 Å². The molecule has 3 rings (SSSR count). The quantitative estimate of drug-likeness (QED) is 0.885. The fraction of sp³-hybridized carbons (Fsp3) is 0.579. The summed E-state index contributed by atoms with van der Waals surface area (Å²) in [5, 5.41) is 5.50. The number of piperidine rings is 1. The topological polar surface area (TPSA) is 70.7 Å². The van der Waals surface area contributed by atoms with Gasteiger partial charge in [0.1, 0.15) is 0 Å². The first-order chi connectivity index (χ1) is 12.2. The van der Waals surface area contributed by atoms with Crippen LogP contribution in [0.25, 0.3) is 0 Å². The molecule has 6 heteroatoms. The lowest BCUT2D eigenvalue weighted by atomic mass is 9.80. The maximum absolute atomic E-state index is 12.5. The van der Waals surface area contributed by atoms with Crippen LogP contribution in [-0.4, -0.2) is 50.2 Å². The molecule has 0 unspecified atom stereocenters. The molecule has 0 saturated carbocycles. The zero-order valence-corrected chi connectivity index (χ0v) is 14.8. The second-order valence-corrected chi connectivity index (χ2v) is 6.86. The van der Waals surface area contributed by atoms with Crippen LogP contribution in [0.5, 0.6) is 0 Å². The Kier molecular flexibility index (Phi) is 5.91. The van der Waals surface area contributed by atoms with Gasteiger partial charge in [0.05, 0.1) is 0 Å². The summed E-state index contributed by atoms with van der Waals surface area (Å²) in [6.45, 7) is 3.35. The highest BCUT2D eigenvalue weighted by Crippen LogP contribution is 2.31. The van der Waals surface area contributed by atoms with Gasteiger partial charge in [-0.25, -0.2) is 4.79 Å². The predicted octanol–water partition coefficient (Wildman–Crippen LogP) is 2.72. The third-order valence-corrected chi connectivity index (χ3v) is 5.36. The van der Waals surface area contributed by atoms with Crippen molar-refractivity contribution in [1.82, 2.24) is 10.2 Å². The van der Waals surface area contributed by atoms with Gasteiger partial charge in [0.15, 0.2) is 0 Å². The Balaban J connectivity index is 1.52. The number of likely N-dealkylation sites (tertiary alicyclic amines) is 1. The Labute approximate surface area is 148 Å². The van der Waals surface area contributed by atoms with Gasteiger partial charge in [0.25, 0.3) is 5.91 Å². The molecule has 0 aromatic heterocycles. The molecule has 3 amide bonds. The Morgan fingerprint density at radius 3 is 2.44 bits per heavy atom. The van der Waals surface area contributed by atoms with E-state index in [-0.39, 0.29) is 11.9 Å². The molecule has 0 radical (unpaired) electrons. The van der Waals surface area contributed by atoms with Gasteiger partial charge < -0.3 is 20.3 Å². The number of ether oxygens (including phenoxy) is 1. The van der Waals surface area contributed by atoms with Crippen molar-refractivity contribution in [3.63, 3.8) is 0 Å². The van der Waals surface area contributed by atoms with Crippen LogP contribution in [0.4, 0.5) is 10.5 Å². The van der Waals surface area contributed by atoms with Gasteiger partial charge in [-0.3, -0.25) is 4.79 Å². The number of hydrogen-bond acceptors (Lipinski definition) is 3. The average molecular weight is 345 g/mol. The molecule has 6 nitrogen and oxygen atoms in total. The van der Waals surface area contributed by atoms with E-state index in [0.29, 0.717) is 17.2 Å². The number of urea groups is 1. The maximum Gasteiger partial charge on any atom is 0.321 e. The van der Waals surface area contributed by atoms with Crippen molar-refractivity contribution in [2.75, 3.05) is 38.7 Å². The second kappa shape index (κ2) is 8.34. The van der Waals surface area contributed by atoms with Crippen molar-refractivity contribution >= 4 is 17.6 Å². The lowest BCUT2D eigenvalue weighted by Crippen LogP contribution is -2.42. The SMILES string of the molecule is CNC(=O)c1cccc(NC(=O)N2CCC(C3CCOCC3)CC2)c1. The smallest absolute Gasteiger partial charge is 0.321 e. The van der Waals surface area contributed by atoms with E-state index < -0.39 is 0 Å². The van der Waals surface area contributed by atoms with Crippen LogP contribution in [0.1, 0.15) is 36.0 Å². The Bertz CT molecular complexity index is 606. The van der Waals surface area contributed by atoms with E-state index in [2.05, 4.69) is 10.6 Å². The second-order valence-electron chi connectivity index (χ2n) is 6.86. The van der Waals surface area contributed by atoms with Crippen LogP contribution < -0.4 is 10.6 Å². The van der Waals surface area contributed by atoms with Crippen molar-refractivity contribution in [3.05, 3.63) is 29.8 Å². The molecule has 0 atom stereocenters. The van der Waals surface area contributed by atoms with Crippen LogP contribution in [0.2, 0.25) is 0 Å². The van der Waals surface area contributed by atoms with E-state index in [1.165, 1.54) is 0 Å². The van der Waals surface area contributed by atoms with E-state index in [0.717, 1.165) is 57.9 Å². The molecule has 2 aliphatic rings. The van der Waals surface area contributed by atoms with Crippen molar-refractivity contribution < 1.29 is 14.3 Å². The largest absolute Gasteiger partial charge is 0.381 e. The van der Waals surface area contributed by atoms with Crippen molar-refractivity contribution in [1.29, 1.82) is 0 Å². The lowest BCUT2D eigenvalue weighted by Gasteiger charge is -2.37. The molecule has 2 aliphatic heterocycles. The first kappa shape index (κ1) is 17.7. The standard InChI is InChI=1S/C19H27N3O3/c1-20-18(23)16-3-2-4-17(13-16)21-19(24)22-9-5-14(6-10-22)15-7-11-25-12-8-15/h2-4,13-15H,5-12H2,1H3,(H,20,23)(H,21,24). The molecule has 2 saturated heterocycles. The molecule has 136 valence electrons. The van der Waals surface area contributed by atoms with E-state index >= 15 is 0 Å². The molecule has 2 N–H and O–H groups in total. The number of anilines is 1. The molecular weight excluding hydrogens is 318 g/mol. The fourth-order valence-electron chi connectivity index (χ4n) is 3.85. The minimum absolute atomic E-state index is 0.0838. The monoisotopic (exact) mass is 345 g/mol. The number of benzene rings is 1. The fourth-order valence-corrected chi connectivity index (χ4v) is 3.85. The maximum atomic E-state index is 12.5. The third-order valence-electron chi connectivity index (χ3n) is 5.36. The molecule has 25 heavy (non-hydrogen) atoms. The van der Waals surface area contributed by atoms with Crippen LogP contribution in [-0.2, 0) is 4.74 Å². The third kappa shape index (κ3) is 4.51. The Hall–Kier alpha value is -2.08. The van der Waals surface area contributed by atoms with Crippen molar-refractivity contribution in [2.45, 2.75) is 25.7 Å². The molecule has 0 spiro atoms. The minimum atomic E-state index is -0.159. The van der Waals surface area contributed by atoms with E-state index in [1.807, 2.05) is 4.90 Å². The Morgan fingerprint density at radius 1 is 1.08 bits per heavy atom. The lowest BCUT2D eigenvalue weighted by molar-refractivity contribution is 0.0341. The molecule has 1 aromatic rings. The van der Waals surface area contributed by atoms with Crippen LogP contribution in [0, 0.1) is 11.8 Å². The van der Waals surface area contributed by atoms with E-state index in [9.17, 15) is 9.59 Å². The van der Waals surface area contributed by atoms with Gasteiger partial charge in [-0.15, -0.1) is 0 Å². The summed E-state index contributed by atoms with van der Waals surface area (Å²) >= 11 is 0. The molecule has 0 bridgehead atoms. The van der Waals surface area contributed by atoms with Gasteiger partial charge in [-0.05, 0) is 55.7 Å². The Morgan fingerprint density at radius 2 is 1.76 bits per heavy atom. The number of rotatable bonds is 3. The van der Waals surface area contributed by atoms with Gasteiger partial charge >= 0.3 is 6.03 Å². The van der Waals surface area contributed by atoms with Gasteiger partial charge in [-0.2, -0.15) is 0 Å². The molecule has 2 fully saturated rings. The number of carbonyl (C=O) groups excluding carboxylic acids is 2. The van der Waals surface area contributed by atoms with E-state index in [1.54, 1.807) is 31.3 Å². The zero-order chi connectivity index (χ0) is 17.6. The predicted molar refractivity (Wildman–Crippen MR) is 96.7 cm³/mol. The first-order valence-corrected chi connectivity index (χ1v) is 9.13. The number of amides is 3. The summed E-state index contributed by atoms with van der Waals surface area (Å²) in [4.78, 5) is 26.1. The number of carbonyl (C=O) groups is 2. The van der Waals surface area contributed by atoms with Gasteiger partial charge in [0.2, 0.25) is 0 Å². The summed E-state index contributed by atoms with van der Waals surface area (Å²) in [5.41, 5.74) is 1.19. The molecular formula is C19H27N3O3. The number of nitrogens with one attached hydrogen (secondary N) is 2. The van der Waals surface area contributed by atoms with Crippen LogP contribution >= 0.6 is 0 Å². The summed E-state index contributed by atoms with van der Waals surface area (Å²) in [6.07, 6.45) is 4.44. The number of hydrogen-bond donors (Lipinski definition) is 2.